The van der Waals surface area contributed by atoms with Crippen molar-refractivity contribution in [3.63, 3.8) is 0 Å². The number of benzene rings is 1. The number of rotatable bonds is 6. The fourth-order valence-corrected chi connectivity index (χ4v) is 3.50. The number of anilines is 1. The minimum absolute atomic E-state index is 0.816. The SMILES string of the molecule is CCCNc1ncc(CSc2ccccc2Cl)s1. The summed E-state index contributed by atoms with van der Waals surface area (Å²) in [6, 6.07) is 7.93. The third-order valence-corrected chi connectivity index (χ3v) is 4.99. The molecular formula is C13H15ClN2S2. The highest BCUT2D eigenvalue weighted by Gasteiger charge is 2.04. The second-order valence-corrected chi connectivity index (χ2v) is 6.32. The summed E-state index contributed by atoms with van der Waals surface area (Å²) in [6.07, 6.45) is 3.05. The highest BCUT2D eigenvalue weighted by Crippen LogP contribution is 2.31. The molecule has 0 aliphatic heterocycles. The van der Waals surface area contributed by atoms with Crippen LogP contribution in [-0.2, 0) is 5.75 Å². The number of nitrogens with zero attached hydrogens (tertiary/aromatic N) is 1. The third kappa shape index (κ3) is 3.90. The van der Waals surface area contributed by atoms with Crippen LogP contribution in [0.15, 0.2) is 35.4 Å². The Kier molecular flexibility index (Phi) is 5.35. The predicted octanol–water partition coefficient (Wildman–Crippen LogP) is 4.91. The van der Waals surface area contributed by atoms with Gasteiger partial charge in [0.15, 0.2) is 5.13 Å². The van der Waals surface area contributed by atoms with Gasteiger partial charge >= 0.3 is 0 Å². The first-order valence-corrected chi connectivity index (χ1v) is 8.03. The van der Waals surface area contributed by atoms with Gasteiger partial charge in [0.1, 0.15) is 0 Å². The Bertz CT molecular complexity index is 499. The quantitative estimate of drug-likeness (QED) is 0.767. The Morgan fingerprint density at radius 2 is 2.22 bits per heavy atom. The van der Waals surface area contributed by atoms with E-state index in [1.807, 2.05) is 30.5 Å². The molecule has 96 valence electrons. The van der Waals surface area contributed by atoms with Crippen LogP contribution in [-0.4, -0.2) is 11.5 Å². The summed E-state index contributed by atoms with van der Waals surface area (Å²) in [7, 11) is 0. The van der Waals surface area contributed by atoms with Crippen LogP contribution in [0.5, 0.6) is 0 Å². The number of hydrogen-bond donors (Lipinski definition) is 1. The topological polar surface area (TPSA) is 24.9 Å². The van der Waals surface area contributed by atoms with Crippen LogP contribution in [0.4, 0.5) is 5.13 Å². The van der Waals surface area contributed by atoms with Gasteiger partial charge in [-0.2, -0.15) is 0 Å². The summed E-state index contributed by atoms with van der Waals surface area (Å²) in [6.45, 7) is 3.12. The van der Waals surface area contributed by atoms with E-state index in [-0.39, 0.29) is 0 Å². The molecule has 0 fully saturated rings. The molecule has 2 nitrogen and oxygen atoms in total. The number of hydrogen-bond acceptors (Lipinski definition) is 4. The lowest BCUT2D eigenvalue weighted by Crippen LogP contribution is -1.97. The fourth-order valence-electron chi connectivity index (χ4n) is 1.40. The first-order chi connectivity index (χ1) is 8.79. The van der Waals surface area contributed by atoms with Crippen molar-refractivity contribution in [3.8, 4) is 0 Å². The van der Waals surface area contributed by atoms with Crippen molar-refractivity contribution in [1.29, 1.82) is 0 Å². The van der Waals surface area contributed by atoms with E-state index in [0.29, 0.717) is 0 Å². The molecule has 2 rings (SSSR count). The van der Waals surface area contributed by atoms with Gasteiger partial charge in [0.25, 0.3) is 0 Å². The molecule has 2 aromatic rings. The lowest BCUT2D eigenvalue weighted by molar-refractivity contribution is 0.976. The summed E-state index contributed by atoms with van der Waals surface area (Å²) in [5, 5.41) is 5.12. The number of nitrogens with one attached hydrogen (secondary N) is 1. The molecule has 5 heteroatoms. The van der Waals surface area contributed by atoms with Gasteiger partial charge in [-0.05, 0) is 18.6 Å². The first-order valence-electron chi connectivity index (χ1n) is 5.85. The standard InChI is InChI=1S/C13H15ClN2S2/c1-2-7-15-13-16-8-10(18-13)9-17-12-6-4-3-5-11(12)14/h3-6,8H,2,7,9H2,1H3,(H,15,16). The van der Waals surface area contributed by atoms with Crippen LogP contribution in [0.1, 0.15) is 18.2 Å². The predicted molar refractivity (Wildman–Crippen MR) is 81.9 cm³/mol. The Balaban J connectivity index is 1.90. The van der Waals surface area contributed by atoms with E-state index in [1.165, 1.54) is 4.88 Å². The number of halogens is 1. The Morgan fingerprint density at radius 3 is 3.00 bits per heavy atom. The Hall–Kier alpha value is -0.710. The van der Waals surface area contributed by atoms with Crippen LogP contribution in [0.3, 0.4) is 0 Å². The van der Waals surface area contributed by atoms with Crippen molar-refractivity contribution >= 4 is 39.8 Å². The molecule has 1 N–H and O–H groups in total. The lowest BCUT2D eigenvalue weighted by Gasteiger charge is -2.01. The molecule has 0 atom stereocenters. The molecule has 0 radical (unpaired) electrons. The smallest absolute Gasteiger partial charge is 0.182 e. The van der Waals surface area contributed by atoms with Gasteiger partial charge in [0.2, 0.25) is 0 Å². The molecule has 0 bridgehead atoms. The van der Waals surface area contributed by atoms with Crippen molar-refractivity contribution in [2.24, 2.45) is 0 Å². The zero-order valence-corrected chi connectivity index (χ0v) is 12.5. The molecule has 0 aliphatic carbocycles. The first kappa shape index (κ1) is 13.7. The molecule has 0 spiro atoms. The van der Waals surface area contributed by atoms with Gasteiger partial charge in [0, 0.05) is 28.3 Å². The highest BCUT2D eigenvalue weighted by atomic mass is 35.5. The Labute approximate surface area is 121 Å². The minimum atomic E-state index is 0.816. The van der Waals surface area contributed by atoms with E-state index in [2.05, 4.69) is 17.2 Å². The second-order valence-electron chi connectivity index (χ2n) is 3.78. The van der Waals surface area contributed by atoms with E-state index in [1.54, 1.807) is 23.1 Å². The third-order valence-electron chi connectivity index (χ3n) is 2.29. The zero-order valence-electron chi connectivity index (χ0n) is 10.1. The maximum atomic E-state index is 6.12. The summed E-state index contributed by atoms with van der Waals surface area (Å²) in [5.41, 5.74) is 0. The maximum absolute atomic E-state index is 6.12. The molecule has 1 heterocycles. The molecule has 0 unspecified atom stereocenters. The average Bonchev–Trinajstić information content (AvgIpc) is 2.83. The molecule has 1 aromatic carbocycles. The molecule has 0 amide bonds. The summed E-state index contributed by atoms with van der Waals surface area (Å²) in [4.78, 5) is 6.73. The van der Waals surface area contributed by atoms with Crippen LogP contribution < -0.4 is 5.32 Å². The number of thioether (sulfide) groups is 1. The molecule has 0 aliphatic rings. The average molecular weight is 299 g/mol. The minimum Gasteiger partial charge on any atom is -0.362 e. The van der Waals surface area contributed by atoms with E-state index < -0.39 is 0 Å². The van der Waals surface area contributed by atoms with Crippen molar-refractivity contribution in [1.82, 2.24) is 4.98 Å². The van der Waals surface area contributed by atoms with E-state index in [4.69, 9.17) is 11.6 Å². The maximum Gasteiger partial charge on any atom is 0.182 e. The Morgan fingerprint density at radius 1 is 1.39 bits per heavy atom. The van der Waals surface area contributed by atoms with Gasteiger partial charge in [0.05, 0.1) is 5.02 Å². The van der Waals surface area contributed by atoms with Crippen molar-refractivity contribution in [3.05, 3.63) is 40.4 Å². The van der Waals surface area contributed by atoms with Gasteiger partial charge < -0.3 is 5.32 Å². The molecule has 18 heavy (non-hydrogen) atoms. The van der Waals surface area contributed by atoms with Crippen LogP contribution >= 0.6 is 34.7 Å². The number of thiazole rings is 1. The van der Waals surface area contributed by atoms with Crippen LogP contribution in [0, 0.1) is 0 Å². The molecule has 0 saturated carbocycles. The van der Waals surface area contributed by atoms with Crippen LogP contribution in [0.25, 0.3) is 0 Å². The van der Waals surface area contributed by atoms with Crippen molar-refractivity contribution in [2.45, 2.75) is 24.0 Å². The fraction of sp³-hybridized carbons (Fsp3) is 0.308. The van der Waals surface area contributed by atoms with E-state index >= 15 is 0 Å². The van der Waals surface area contributed by atoms with Crippen molar-refractivity contribution in [2.75, 3.05) is 11.9 Å². The van der Waals surface area contributed by atoms with Crippen molar-refractivity contribution < 1.29 is 0 Å². The molecule has 1 aromatic heterocycles. The van der Waals surface area contributed by atoms with Gasteiger partial charge in [-0.3, -0.25) is 0 Å². The van der Waals surface area contributed by atoms with Gasteiger partial charge in [-0.15, -0.1) is 23.1 Å². The summed E-state index contributed by atoms with van der Waals surface area (Å²) < 4.78 is 0. The van der Waals surface area contributed by atoms with E-state index in [9.17, 15) is 0 Å². The monoisotopic (exact) mass is 298 g/mol. The van der Waals surface area contributed by atoms with Crippen LogP contribution in [0.2, 0.25) is 5.02 Å². The van der Waals surface area contributed by atoms with E-state index in [0.717, 1.165) is 33.8 Å². The zero-order chi connectivity index (χ0) is 12.8. The summed E-state index contributed by atoms with van der Waals surface area (Å²) >= 11 is 9.58. The van der Waals surface area contributed by atoms with Gasteiger partial charge in [-0.25, -0.2) is 4.98 Å². The van der Waals surface area contributed by atoms with Gasteiger partial charge in [-0.1, -0.05) is 30.7 Å². The number of aromatic nitrogens is 1. The largest absolute Gasteiger partial charge is 0.362 e. The lowest BCUT2D eigenvalue weighted by atomic mass is 10.4. The molecule has 0 saturated heterocycles. The molecular weight excluding hydrogens is 284 g/mol. The summed E-state index contributed by atoms with van der Waals surface area (Å²) in [5.74, 6) is 0.912. The second kappa shape index (κ2) is 7.02. The highest BCUT2D eigenvalue weighted by molar-refractivity contribution is 7.98. The normalized spacial score (nSPS) is 10.6.